The third kappa shape index (κ3) is 5.44. The lowest BCUT2D eigenvalue weighted by atomic mass is 10.4. The molecule has 1 atom stereocenters. The highest BCUT2D eigenvalue weighted by atomic mass is 32.3. The molecule has 1 rings (SSSR count). The fourth-order valence-corrected chi connectivity index (χ4v) is 2.79. The van der Waals surface area contributed by atoms with E-state index in [0.29, 0.717) is 4.31 Å². The highest BCUT2D eigenvalue weighted by Crippen LogP contribution is 2.38. The van der Waals surface area contributed by atoms with E-state index < -0.39 is 31.3 Å². The molecule has 1 unspecified atom stereocenters. The highest BCUT2D eigenvalue weighted by Gasteiger charge is 2.62. The van der Waals surface area contributed by atoms with Crippen LogP contribution in [0.5, 0.6) is 0 Å². The van der Waals surface area contributed by atoms with Crippen LogP contribution in [0.25, 0.3) is 0 Å². The molecule has 0 N–H and O–H groups in total. The summed E-state index contributed by atoms with van der Waals surface area (Å²) in [6.45, 7) is 0. The van der Waals surface area contributed by atoms with Gasteiger partial charge in [0.25, 0.3) is 10.1 Å². The van der Waals surface area contributed by atoms with Crippen molar-refractivity contribution >= 4 is 20.2 Å². The minimum atomic E-state index is -6.09. The first-order chi connectivity index (χ1) is 10.0. The highest BCUT2D eigenvalue weighted by molar-refractivity contribution is 8.01. The van der Waals surface area contributed by atoms with Crippen LogP contribution in [0.1, 0.15) is 0 Å². The van der Waals surface area contributed by atoms with Crippen molar-refractivity contribution in [3.8, 4) is 0 Å². The lowest BCUT2D eigenvalue weighted by Crippen LogP contribution is -2.42. The van der Waals surface area contributed by atoms with Gasteiger partial charge in [0.2, 0.25) is 0 Å². The molecule has 0 spiro atoms. The zero-order valence-corrected chi connectivity index (χ0v) is 13.2. The summed E-state index contributed by atoms with van der Waals surface area (Å²) >= 11 is 0. The Hall–Kier alpha value is -1.18. The van der Waals surface area contributed by atoms with Crippen molar-refractivity contribution in [3.63, 3.8) is 0 Å². The summed E-state index contributed by atoms with van der Waals surface area (Å²) in [7, 11) is -7.95. The van der Waals surface area contributed by atoms with Gasteiger partial charge in [-0.15, -0.1) is 17.5 Å². The van der Waals surface area contributed by atoms with Crippen LogP contribution in [0.4, 0.5) is 26.3 Å². The van der Waals surface area contributed by atoms with Gasteiger partial charge in [0, 0.05) is 14.1 Å². The second-order valence-corrected chi connectivity index (χ2v) is 8.08. The van der Waals surface area contributed by atoms with Gasteiger partial charge in [0.15, 0.2) is 15.0 Å². The Morgan fingerprint density at radius 2 is 1.35 bits per heavy atom. The third-order valence-electron chi connectivity index (χ3n) is 2.17. The van der Waals surface area contributed by atoms with Crippen LogP contribution in [0.3, 0.4) is 0 Å². The van der Waals surface area contributed by atoms with E-state index in [4.69, 9.17) is 13.0 Å². The van der Waals surface area contributed by atoms with Gasteiger partial charge in [-0.2, -0.15) is 13.2 Å². The molecule has 0 aliphatic carbocycles. The monoisotopic (exact) mass is 387 g/mol. The molecule has 0 aromatic heterocycles. The van der Waals surface area contributed by atoms with Crippen molar-refractivity contribution in [1.82, 2.24) is 4.31 Å². The van der Waals surface area contributed by atoms with Crippen molar-refractivity contribution in [1.29, 1.82) is 0 Å². The Balaban J connectivity index is 0.000000515. The number of rotatable bonds is 2. The molecule has 13 heteroatoms. The van der Waals surface area contributed by atoms with E-state index in [1.165, 1.54) is 24.3 Å². The first-order valence-electron chi connectivity index (χ1n) is 5.40. The lowest BCUT2D eigenvalue weighted by molar-refractivity contribution is -0.0518. The molecular formula is C10H11F6NO4S2. The van der Waals surface area contributed by atoms with Gasteiger partial charge in [-0.1, -0.05) is 22.4 Å². The molecule has 0 saturated heterocycles. The molecule has 0 saturated carbocycles. The minimum absolute atomic E-state index is 0.220. The van der Waals surface area contributed by atoms with Crippen LogP contribution < -0.4 is 0 Å². The van der Waals surface area contributed by atoms with E-state index in [1.807, 2.05) is 0 Å². The summed E-state index contributed by atoms with van der Waals surface area (Å²) in [4.78, 5) is -0.220. The molecule has 0 aliphatic heterocycles. The third-order valence-corrected chi connectivity index (χ3v) is 5.31. The average Bonchev–Trinajstić information content (AvgIpc) is 2.35. The first-order valence-corrected chi connectivity index (χ1v) is 8.32. The van der Waals surface area contributed by atoms with Crippen molar-refractivity contribution in [3.05, 3.63) is 30.3 Å². The molecule has 0 bridgehead atoms. The van der Waals surface area contributed by atoms with E-state index >= 15 is 0 Å². The Kier molecular flexibility index (Phi) is 6.78. The second-order valence-electron chi connectivity index (χ2n) is 4.00. The molecule has 0 amide bonds. The molecule has 5 nitrogen and oxygen atoms in total. The molecule has 1 aromatic rings. The van der Waals surface area contributed by atoms with Gasteiger partial charge in [0.05, 0.1) is 0 Å². The van der Waals surface area contributed by atoms with E-state index in [9.17, 15) is 30.6 Å². The molecule has 0 fully saturated rings. The van der Waals surface area contributed by atoms with Crippen molar-refractivity contribution in [2.45, 2.75) is 15.9 Å². The maximum atomic E-state index is 12.7. The number of hydrogen-bond acceptors (Lipinski definition) is 4. The number of hydrogen-bond donors (Lipinski definition) is 0. The maximum absolute atomic E-state index is 12.7. The van der Waals surface area contributed by atoms with Gasteiger partial charge < -0.3 is 4.55 Å². The Labute approximate surface area is 129 Å². The second kappa shape index (κ2) is 7.15. The number of alkyl halides is 6. The summed E-state index contributed by atoms with van der Waals surface area (Å²) in [5.74, 6) is 0. The number of halogens is 6. The standard InChI is InChI=1S/C9H11F3NOS.CHF3O3S/c1-13(2)15(14,9(10,11)12)8-6-4-3-5-7-8;2-1(3,4)8(5,6)7/h3-7H,1-2H3;(H,5,6,7)/q+1;/p-1. The molecule has 23 heavy (non-hydrogen) atoms. The van der Waals surface area contributed by atoms with Crippen LogP contribution in [0.15, 0.2) is 35.2 Å². The van der Waals surface area contributed by atoms with Crippen LogP contribution in [-0.2, 0) is 24.4 Å². The Bertz CT molecular complexity index is 654. The quantitative estimate of drug-likeness (QED) is 0.338. The fraction of sp³-hybridized carbons (Fsp3) is 0.400. The Morgan fingerprint density at radius 1 is 1.00 bits per heavy atom. The predicted octanol–water partition coefficient (Wildman–Crippen LogP) is 2.59. The maximum Gasteiger partial charge on any atom is 0.601 e. The number of nitrogens with zero attached hydrogens (tertiary/aromatic N) is 1. The Morgan fingerprint density at radius 3 is 1.57 bits per heavy atom. The molecule has 0 heterocycles. The molecule has 134 valence electrons. The topological polar surface area (TPSA) is 77.5 Å². The van der Waals surface area contributed by atoms with Crippen LogP contribution >= 0.6 is 0 Å². The molecule has 0 aliphatic rings. The SMILES string of the molecule is CN(C)[S+](=O)(c1ccccc1)C(F)(F)F.O=S(=O)([O-])C(F)(F)F. The average molecular weight is 387 g/mol. The van der Waals surface area contributed by atoms with Crippen molar-refractivity contribution < 1.29 is 43.5 Å². The van der Waals surface area contributed by atoms with Crippen LogP contribution in [-0.4, -0.2) is 42.4 Å². The first kappa shape index (κ1) is 21.8. The van der Waals surface area contributed by atoms with E-state index in [1.54, 1.807) is 6.07 Å². The summed E-state index contributed by atoms with van der Waals surface area (Å²) < 4.78 is 110. The lowest BCUT2D eigenvalue weighted by Gasteiger charge is -2.18. The summed E-state index contributed by atoms with van der Waals surface area (Å²) in [5, 5.41) is 0. The van der Waals surface area contributed by atoms with Gasteiger partial charge in [-0.05, 0) is 12.1 Å². The summed E-state index contributed by atoms with van der Waals surface area (Å²) in [6.07, 6.45) is 0. The van der Waals surface area contributed by atoms with E-state index in [2.05, 4.69) is 0 Å². The summed E-state index contributed by atoms with van der Waals surface area (Å²) in [5.41, 5.74) is -10.4. The largest absolute Gasteiger partial charge is 0.741 e. The van der Waals surface area contributed by atoms with Gasteiger partial charge in [0.1, 0.15) is 0 Å². The molecule has 0 radical (unpaired) electrons. The summed E-state index contributed by atoms with van der Waals surface area (Å²) in [6, 6.07) is 6.88. The number of benzene rings is 1. The van der Waals surface area contributed by atoms with Crippen molar-refractivity contribution in [2.24, 2.45) is 0 Å². The van der Waals surface area contributed by atoms with Gasteiger partial charge >= 0.3 is 11.0 Å². The van der Waals surface area contributed by atoms with Crippen LogP contribution in [0.2, 0.25) is 0 Å². The smallest absolute Gasteiger partial charge is 0.601 e. The zero-order valence-electron chi connectivity index (χ0n) is 11.6. The van der Waals surface area contributed by atoms with E-state index in [-0.39, 0.29) is 4.90 Å². The molecule has 1 aromatic carbocycles. The minimum Gasteiger partial charge on any atom is -0.741 e. The normalized spacial score (nSPS) is 15.6. The predicted molar refractivity (Wildman–Crippen MR) is 68.3 cm³/mol. The fourth-order valence-electron chi connectivity index (χ4n) is 1.16. The van der Waals surface area contributed by atoms with Crippen molar-refractivity contribution in [2.75, 3.05) is 14.1 Å². The van der Waals surface area contributed by atoms with E-state index in [0.717, 1.165) is 14.1 Å². The van der Waals surface area contributed by atoms with Crippen LogP contribution in [0, 0.1) is 0 Å². The van der Waals surface area contributed by atoms with Gasteiger partial charge in [-0.3, -0.25) is 0 Å². The molecular weight excluding hydrogens is 376 g/mol. The zero-order chi connectivity index (χ0) is 18.7. The van der Waals surface area contributed by atoms with Gasteiger partial charge in [-0.25, -0.2) is 8.42 Å².